The number of nitrogens with zero attached hydrogens (tertiary/aromatic N) is 2. The first-order valence-corrected chi connectivity index (χ1v) is 21.2. The summed E-state index contributed by atoms with van der Waals surface area (Å²) in [6.45, 7) is 5.02. The number of aliphatic hydroxyl groups is 1. The zero-order chi connectivity index (χ0) is 39.7. The third-order valence-corrected chi connectivity index (χ3v) is 12.9. The van der Waals surface area contributed by atoms with E-state index in [4.69, 9.17) is 4.74 Å². The number of amides is 4. The summed E-state index contributed by atoms with van der Waals surface area (Å²) < 4.78 is 32.8. The molecule has 0 radical (unpaired) electrons. The molecule has 2 unspecified atom stereocenters. The van der Waals surface area contributed by atoms with E-state index < -0.39 is 63.6 Å². The number of aliphatic imine (C=N–C) groups is 1. The molecular weight excluding hydrogens is 753 g/mol. The van der Waals surface area contributed by atoms with Crippen LogP contribution in [0.3, 0.4) is 0 Å². The number of ether oxygens (including phenoxy) is 1. The van der Waals surface area contributed by atoms with Gasteiger partial charge in [0.25, 0.3) is 5.91 Å². The van der Waals surface area contributed by atoms with Gasteiger partial charge in [-0.2, -0.15) is 0 Å². The second kappa shape index (κ2) is 19.2. The molecule has 300 valence electrons. The van der Waals surface area contributed by atoms with Crippen molar-refractivity contribution in [3.05, 3.63) is 52.7 Å². The van der Waals surface area contributed by atoms with Crippen LogP contribution >= 0.6 is 11.8 Å². The van der Waals surface area contributed by atoms with Crippen LogP contribution in [0.15, 0.2) is 52.1 Å². The van der Waals surface area contributed by atoms with Crippen molar-refractivity contribution in [2.75, 3.05) is 37.4 Å². The van der Waals surface area contributed by atoms with Crippen LogP contribution < -0.4 is 20.7 Å². The van der Waals surface area contributed by atoms with Crippen molar-refractivity contribution >= 4 is 63.3 Å². The fraction of sp³-hybridized carbons (Fsp3) is 0.568. The van der Waals surface area contributed by atoms with Crippen LogP contribution in [-0.2, 0) is 33.9 Å². The number of sulfonamides is 1. The molecule has 1 aromatic rings. The molecule has 5 rings (SSSR count). The summed E-state index contributed by atoms with van der Waals surface area (Å²) in [7, 11) is -4.05. The van der Waals surface area contributed by atoms with Gasteiger partial charge in [0.15, 0.2) is 0 Å². The number of β-lactam (4-membered cyclic amide) rings is 1. The first-order valence-electron chi connectivity index (χ1n) is 18.6. The number of aliphatic hydroxyl groups excluding tert-OH is 1. The minimum atomic E-state index is -4.05. The predicted octanol–water partition coefficient (Wildman–Crippen LogP) is 1.99. The van der Waals surface area contributed by atoms with Crippen molar-refractivity contribution in [3.8, 4) is 0 Å². The average molecular weight is 803 g/mol. The van der Waals surface area contributed by atoms with Crippen molar-refractivity contribution < 1.29 is 47.3 Å². The third-order valence-electron chi connectivity index (χ3n) is 10.1. The molecule has 4 heterocycles. The second-order valence-electron chi connectivity index (χ2n) is 14.3. The maximum absolute atomic E-state index is 13.2. The fourth-order valence-electron chi connectivity index (χ4n) is 7.28. The number of benzene rings is 1. The molecule has 16 nitrogen and oxygen atoms in total. The number of carboxylic acids is 1. The Morgan fingerprint density at radius 3 is 2.69 bits per heavy atom. The lowest BCUT2D eigenvalue weighted by Gasteiger charge is -2.46. The monoisotopic (exact) mass is 802 g/mol. The van der Waals surface area contributed by atoms with Crippen molar-refractivity contribution in [1.82, 2.24) is 20.3 Å². The van der Waals surface area contributed by atoms with Gasteiger partial charge in [-0.25, -0.2) is 17.9 Å². The normalized spacial score (nSPS) is 25.0. The molecule has 0 aromatic heterocycles. The fourth-order valence-corrected chi connectivity index (χ4v) is 9.78. The molecule has 2 saturated heterocycles. The highest BCUT2D eigenvalue weighted by molar-refractivity contribution is 8.03. The Kier molecular flexibility index (Phi) is 14.7. The number of carbonyl (C=O) groups is 5. The number of fused-ring (bicyclic) bond motifs is 1. The summed E-state index contributed by atoms with van der Waals surface area (Å²) in [5.41, 5.74) is 0.204. The first-order chi connectivity index (χ1) is 26.3. The summed E-state index contributed by atoms with van der Waals surface area (Å²) >= 11 is 1.32. The highest BCUT2D eigenvalue weighted by Gasteiger charge is 2.60. The number of hydrogen-bond acceptors (Lipinski definition) is 12. The molecule has 0 bridgehead atoms. The van der Waals surface area contributed by atoms with E-state index >= 15 is 0 Å². The van der Waals surface area contributed by atoms with Crippen LogP contribution in [0.1, 0.15) is 69.2 Å². The van der Waals surface area contributed by atoms with Gasteiger partial charge in [-0.15, -0.1) is 11.8 Å². The van der Waals surface area contributed by atoms with Crippen molar-refractivity contribution in [2.45, 2.75) is 82.2 Å². The molecule has 18 heteroatoms. The van der Waals surface area contributed by atoms with Gasteiger partial charge in [0.2, 0.25) is 27.7 Å². The SMILES string of the molecule is C[C@H]1C(S[C@@H]2CN[C@H](C(=O)Nc3cccc(C(=O)NS(=O)(=O)CCCC(=O)NCCOCCCCC4C=NC=CC4)c3)C2)=C(C(=O)O)N2C(=O)[C@H]([C@@H](C)O)C12. The average Bonchev–Trinajstić information content (AvgIpc) is 3.70. The first kappa shape index (κ1) is 42.1. The minimum Gasteiger partial charge on any atom is -0.477 e. The van der Waals surface area contributed by atoms with Gasteiger partial charge in [0, 0.05) is 65.9 Å². The van der Waals surface area contributed by atoms with Gasteiger partial charge in [0.1, 0.15) is 5.70 Å². The van der Waals surface area contributed by atoms with Crippen molar-refractivity contribution in [1.29, 1.82) is 0 Å². The van der Waals surface area contributed by atoms with E-state index in [1.165, 1.54) is 41.8 Å². The number of unbranched alkanes of at least 4 members (excludes halogenated alkanes) is 1. The van der Waals surface area contributed by atoms with Crippen LogP contribution in [-0.4, -0.2) is 115 Å². The summed E-state index contributed by atoms with van der Waals surface area (Å²) in [6, 6.07) is 4.76. The van der Waals surface area contributed by atoms with Gasteiger partial charge < -0.3 is 35.8 Å². The topological polar surface area (TPSA) is 233 Å². The van der Waals surface area contributed by atoms with Gasteiger partial charge in [-0.1, -0.05) is 25.5 Å². The van der Waals surface area contributed by atoms with Crippen LogP contribution in [0.2, 0.25) is 0 Å². The molecule has 0 aliphatic carbocycles. The maximum atomic E-state index is 13.2. The molecule has 2 fully saturated rings. The van der Waals surface area contributed by atoms with Gasteiger partial charge in [-0.3, -0.25) is 24.2 Å². The zero-order valence-electron chi connectivity index (χ0n) is 30.9. The van der Waals surface area contributed by atoms with Crippen LogP contribution in [0.4, 0.5) is 5.69 Å². The smallest absolute Gasteiger partial charge is 0.353 e. The third kappa shape index (κ3) is 11.0. The van der Waals surface area contributed by atoms with Gasteiger partial charge >= 0.3 is 5.97 Å². The van der Waals surface area contributed by atoms with Gasteiger partial charge in [-0.05, 0) is 63.1 Å². The second-order valence-corrected chi connectivity index (χ2v) is 17.5. The quantitative estimate of drug-likeness (QED) is 0.0821. The lowest BCUT2D eigenvalue weighted by Crippen LogP contribution is -2.63. The van der Waals surface area contributed by atoms with E-state index in [2.05, 4.69) is 27.0 Å². The Morgan fingerprint density at radius 2 is 1.96 bits per heavy atom. The van der Waals surface area contributed by atoms with Crippen LogP contribution in [0, 0.1) is 17.8 Å². The largest absolute Gasteiger partial charge is 0.477 e. The van der Waals surface area contributed by atoms with Crippen molar-refractivity contribution in [3.63, 3.8) is 0 Å². The van der Waals surface area contributed by atoms with Gasteiger partial charge in [0.05, 0.1) is 36.5 Å². The van der Waals surface area contributed by atoms with E-state index in [0.717, 1.165) is 25.7 Å². The van der Waals surface area contributed by atoms with E-state index in [0.29, 0.717) is 43.5 Å². The number of rotatable bonds is 20. The Labute approximate surface area is 325 Å². The molecule has 4 aliphatic rings. The molecular formula is C37H50N6O10S2. The number of aliphatic carboxylic acids is 1. The number of hydrogen-bond donors (Lipinski definition) is 6. The number of anilines is 1. The van der Waals surface area contributed by atoms with Crippen LogP contribution in [0.5, 0.6) is 0 Å². The Balaban J connectivity index is 0.997. The molecule has 0 saturated carbocycles. The number of carboxylic acid groups (broad SMARTS) is 1. The van der Waals surface area contributed by atoms with Crippen molar-refractivity contribution in [2.24, 2.45) is 22.7 Å². The molecule has 7 atom stereocenters. The molecule has 55 heavy (non-hydrogen) atoms. The van der Waals surface area contributed by atoms with E-state index in [1.807, 2.05) is 24.1 Å². The summed E-state index contributed by atoms with van der Waals surface area (Å²) in [6.07, 6.45) is 9.29. The Bertz CT molecular complexity index is 1820. The minimum absolute atomic E-state index is 0.00459. The van der Waals surface area contributed by atoms with E-state index in [9.17, 15) is 42.6 Å². The summed E-state index contributed by atoms with van der Waals surface area (Å²) in [5, 5.41) is 28.4. The molecule has 0 spiro atoms. The predicted molar refractivity (Wildman–Crippen MR) is 206 cm³/mol. The van der Waals surface area contributed by atoms with E-state index in [-0.39, 0.29) is 46.9 Å². The number of carbonyl (C=O) groups excluding carboxylic acids is 4. The Morgan fingerprint density at radius 1 is 1.16 bits per heavy atom. The summed E-state index contributed by atoms with van der Waals surface area (Å²) in [5.74, 6) is -4.13. The highest BCUT2D eigenvalue weighted by atomic mass is 32.2. The Hall–Kier alpha value is -4.10. The standard InChI is InChI=1S/C37H50N6O10S2/c1-22-31-30(23(2)44)36(48)43(31)32(37(49)50)33(22)54-27-19-28(40-21-27)35(47)41-26-11-5-10-25(18-26)34(46)42-55(51,52)17-7-12-29(45)39-14-16-53-15-4-3-8-24-9-6-13-38-20-24/h5-6,10-11,13,18,20,22-24,27-28,30-31,40,44H,3-4,7-9,12,14-17,19,21H2,1-2H3,(H,39,45)(H,41,47)(H,42,46)(H,49,50)/t22-,23-,24?,27+,28+,30-,31?/m1/s1. The van der Waals surface area contributed by atoms with E-state index in [1.54, 1.807) is 6.07 Å². The highest BCUT2D eigenvalue weighted by Crippen LogP contribution is 2.51. The summed E-state index contributed by atoms with van der Waals surface area (Å²) in [4.78, 5) is 68.9. The molecule has 4 amide bonds. The lowest BCUT2D eigenvalue weighted by atomic mass is 9.79. The number of allylic oxidation sites excluding steroid dienone is 1. The van der Waals surface area contributed by atoms with Crippen LogP contribution in [0.25, 0.3) is 0 Å². The molecule has 1 aromatic carbocycles. The molecule has 6 N–H and O–H groups in total. The number of nitrogens with one attached hydrogen (secondary N) is 4. The number of thioether (sulfide) groups is 1. The lowest BCUT2D eigenvalue weighted by molar-refractivity contribution is -0.163. The molecule has 4 aliphatic heterocycles. The maximum Gasteiger partial charge on any atom is 0.353 e. The zero-order valence-corrected chi connectivity index (χ0v) is 32.6.